The number of rotatable bonds is 4. The molecular weight excluding hydrogens is 506 g/mol. The van der Waals surface area contributed by atoms with E-state index in [1.165, 1.54) is 25.5 Å². The first-order valence-corrected chi connectivity index (χ1v) is 9.68. The number of amides is 1. The highest BCUT2D eigenvalue weighted by atomic mass is 79.9. The Hall–Kier alpha value is -3.02. The molecule has 1 aromatic carbocycles. The van der Waals surface area contributed by atoms with E-state index in [1.54, 1.807) is 12.1 Å². The summed E-state index contributed by atoms with van der Waals surface area (Å²) in [6.07, 6.45) is -5.88. The summed E-state index contributed by atoms with van der Waals surface area (Å²) in [6, 6.07) is 3.12. The van der Waals surface area contributed by atoms with Crippen LogP contribution in [-0.4, -0.2) is 20.9 Å². The van der Waals surface area contributed by atoms with Crippen molar-refractivity contribution in [3.05, 3.63) is 75.8 Å². The summed E-state index contributed by atoms with van der Waals surface area (Å²) in [4.78, 5) is 25.1. The Morgan fingerprint density at radius 2 is 1.53 bits per heavy atom. The average molecular weight is 519 g/mol. The lowest BCUT2D eigenvalue weighted by Gasteiger charge is -2.18. The maximum absolute atomic E-state index is 13.1. The SMILES string of the molecule is C[C@H](NC(=O)c1cc(C(F)(F)F)cc(C(F)(F)F)c1)c1nccnc1-c1ccc(Br)cn1. The van der Waals surface area contributed by atoms with Gasteiger partial charge in [-0.15, -0.1) is 0 Å². The zero-order chi connectivity index (χ0) is 23.7. The van der Waals surface area contributed by atoms with Crippen LogP contribution < -0.4 is 5.32 Å². The van der Waals surface area contributed by atoms with Crippen LogP contribution in [0.5, 0.6) is 0 Å². The van der Waals surface area contributed by atoms with Gasteiger partial charge in [0.1, 0.15) is 5.69 Å². The van der Waals surface area contributed by atoms with Crippen LogP contribution in [0.15, 0.2) is 53.4 Å². The number of alkyl halides is 6. The second-order valence-corrected chi connectivity index (χ2v) is 7.56. The fraction of sp³-hybridized carbons (Fsp3) is 0.200. The van der Waals surface area contributed by atoms with Gasteiger partial charge < -0.3 is 5.32 Å². The first-order valence-electron chi connectivity index (χ1n) is 8.89. The number of hydrogen-bond acceptors (Lipinski definition) is 4. The largest absolute Gasteiger partial charge is 0.416 e. The van der Waals surface area contributed by atoms with E-state index in [-0.39, 0.29) is 11.8 Å². The van der Waals surface area contributed by atoms with Crippen LogP contribution in [-0.2, 0) is 12.4 Å². The van der Waals surface area contributed by atoms with E-state index in [4.69, 9.17) is 0 Å². The van der Waals surface area contributed by atoms with Gasteiger partial charge in [-0.3, -0.25) is 19.7 Å². The predicted molar refractivity (Wildman–Crippen MR) is 105 cm³/mol. The zero-order valence-corrected chi connectivity index (χ0v) is 17.7. The van der Waals surface area contributed by atoms with E-state index in [9.17, 15) is 31.1 Å². The first-order chi connectivity index (χ1) is 14.9. The Bertz CT molecular complexity index is 1100. The minimum Gasteiger partial charge on any atom is -0.344 e. The van der Waals surface area contributed by atoms with Crippen molar-refractivity contribution in [2.45, 2.75) is 25.3 Å². The molecule has 0 spiro atoms. The highest BCUT2D eigenvalue weighted by Gasteiger charge is 2.37. The highest BCUT2D eigenvalue weighted by molar-refractivity contribution is 9.10. The lowest BCUT2D eigenvalue weighted by molar-refractivity contribution is -0.143. The molecule has 1 amide bonds. The van der Waals surface area contributed by atoms with Crippen molar-refractivity contribution in [1.29, 1.82) is 0 Å². The Kier molecular flexibility index (Phi) is 6.54. The molecule has 168 valence electrons. The van der Waals surface area contributed by atoms with E-state index in [0.29, 0.717) is 28.0 Å². The van der Waals surface area contributed by atoms with Gasteiger partial charge in [0.05, 0.1) is 28.6 Å². The molecule has 0 aliphatic carbocycles. The maximum atomic E-state index is 13.1. The normalized spacial score (nSPS) is 13.0. The Balaban J connectivity index is 1.94. The van der Waals surface area contributed by atoms with E-state index < -0.39 is 41.0 Å². The zero-order valence-electron chi connectivity index (χ0n) is 16.1. The smallest absolute Gasteiger partial charge is 0.344 e. The summed E-state index contributed by atoms with van der Waals surface area (Å²) in [5.74, 6) is -1.13. The van der Waals surface area contributed by atoms with Crippen molar-refractivity contribution in [3.63, 3.8) is 0 Å². The molecule has 0 radical (unpaired) electrons. The highest BCUT2D eigenvalue weighted by Crippen LogP contribution is 2.36. The molecule has 1 atom stereocenters. The van der Waals surface area contributed by atoms with Gasteiger partial charge in [0.25, 0.3) is 5.91 Å². The van der Waals surface area contributed by atoms with Crippen LogP contribution in [0.3, 0.4) is 0 Å². The lowest BCUT2D eigenvalue weighted by atomic mass is 10.0. The topological polar surface area (TPSA) is 67.8 Å². The summed E-state index contributed by atoms with van der Waals surface area (Å²) in [6.45, 7) is 1.47. The molecule has 2 heterocycles. The van der Waals surface area contributed by atoms with Crippen LogP contribution in [0.4, 0.5) is 26.3 Å². The van der Waals surface area contributed by atoms with Crippen molar-refractivity contribution in [1.82, 2.24) is 20.3 Å². The summed E-state index contributed by atoms with van der Waals surface area (Å²) in [7, 11) is 0. The van der Waals surface area contributed by atoms with Gasteiger partial charge in [0.15, 0.2) is 0 Å². The summed E-state index contributed by atoms with van der Waals surface area (Å²) < 4.78 is 79.1. The number of pyridine rings is 1. The van der Waals surface area contributed by atoms with Crippen LogP contribution in [0.25, 0.3) is 11.4 Å². The molecule has 5 nitrogen and oxygen atoms in total. The molecule has 32 heavy (non-hydrogen) atoms. The third kappa shape index (κ3) is 5.42. The fourth-order valence-corrected chi connectivity index (χ4v) is 3.05. The molecule has 12 heteroatoms. The number of nitrogens with zero attached hydrogens (tertiary/aromatic N) is 3. The van der Waals surface area contributed by atoms with Crippen molar-refractivity contribution < 1.29 is 31.1 Å². The molecule has 0 unspecified atom stereocenters. The molecule has 0 saturated heterocycles. The van der Waals surface area contributed by atoms with E-state index >= 15 is 0 Å². The second kappa shape index (κ2) is 8.85. The number of benzene rings is 1. The van der Waals surface area contributed by atoms with Crippen LogP contribution >= 0.6 is 15.9 Å². The lowest BCUT2D eigenvalue weighted by Crippen LogP contribution is -2.28. The molecule has 3 aromatic rings. The Morgan fingerprint density at radius 1 is 0.938 bits per heavy atom. The van der Waals surface area contributed by atoms with Crippen molar-refractivity contribution in [2.75, 3.05) is 0 Å². The van der Waals surface area contributed by atoms with Gasteiger partial charge in [-0.1, -0.05) is 0 Å². The van der Waals surface area contributed by atoms with Crippen LogP contribution in [0, 0.1) is 0 Å². The summed E-state index contributed by atoms with van der Waals surface area (Å²) >= 11 is 3.25. The van der Waals surface area contributed by atoms with Gasteiger partial charge >= 0.3 is 12.4 Å². The monoisotopic (exact) mass is 518 g/mol. The molecule has 2 aromatic heterocycles. The van der Waals surface area contributed by atoms with Gasteiger partial charge in [-0.25, -0.2) is 0 Å². The standard InChI is InChI=1S/C20H13BrF6N4O/c1-10(16-17(29-5-4-28-16)15-3-2-14(21)9-30-15)31-18(32)11-6-12(19(22,23)24)8-13(7-11)20(25,26)27/h2-10H,1H3,(H,31,32)/t10-/m0/s1. The van der Waals surface area contributed by atoms with Gasteiger partial charge in [-0.2, -0.15) is 26.3 Å². The Morgan fingerprint density at radius 3 is 2.06 bits per heavy atom. The van der Waals surface area contributed by atoms with Crippen molar-refractivity contribution in [3.8, 4) is 11.4 Å². The minimum absolute atomic E-state index is 0.0415. The molecular formula is C20H13BrF6N4O. The molecule has 0 aliphatic rings. The molecule has 0 bridgehead atoms. The third-order valence-electron chi connectivity index (χ3n) is 4.30. The van der Waals surface area contributed by atoms with E-state index in [1.807, 2.05) is 0 Å². The average Bonchev–Trinajstić information content (AvgIpc) is 2.72. The molecule has 3 rings (SSSR count). The number of aromatic nitrogens is 3. The van der Waals surface area contributed by atoms with Gasteiger partial charge in [0, 0.05) is 28.6 Å². The molecule has 0 aliphatic heterocycles. The van der Waals surface area contributed by atoms with Gasteiger partial charge in [0.2, 0.25) is 0 Å². The van der Waals surface area contributed by atoms with E-state index in [0.717, 1.165) is 0 Å². The Labute approximate surface area is 186 Å². The maximum Gasteiger partial charge on any atom is 0.416 e. The van der Waals surface area contributed by atoms with E-state index in [2.05, 4.69) is 36.2 Å². The van der Waals surface area contributed by atoms with Crippen LogP contribution in [0.2, 0.25) is 0 Å². The number of nitrogens with one attached hydrogen (secondary N) is 1. The first kappa shape index (κ1) is 23.6. The third-order valence-corrected chi connectivity index (χ3v) is 4.77. The number of carbonyl (C=O) groups is 1. The second-order valence-electron chi connectivity index (χ2n) is 6.64. The number of carbonyl (C=O) groups excluding carboxylic acids is 1. The number of hydrogen-bond donors (Lipinski definition) is 1. The molecule has 0 saturated carbocycles. The van der Waals surface area contributed by atoms with Gasteiger partial charge in [-0.05, 0) is 53.2 Å². The van der Waals surface area contributed by atoms with Crippen LogP contribution in [0.1, 0.15) is 40.1 Å². The summed E-state index contributed by atoms with van der Waals surface area (Å²) in [5.41, 5.74) is -3.00. The fourth-order valence-electron chi connectivity index (χ4n) is 2.81. The molecule has 1 N–H and O–H groups in total. The predicted octanol–water partition coefficient (Wildman–Crippen LogP) is 5.83. The number of halogens is 7. The molecule has 0 fully saturated rings. The van der Waals surface area contributed by atoms with Crippen molar-refractivity contribution >= 4 is 21.8 Å². The quantitative estimate of drug-likeness (QED) is 0.441. The van der Waals surface area contributed by atoms with Crippen molar-refractivity contribution in [2.24, 2.45) is 0 Å². The summed E-state index contributed by atoms with van der Waals surface area (Å²) in [5, 5.41) is 2.38. The minimum atomic E-state index is -5.06.